The normalized spacial score (nSPS) is 13.8. The Morgan fingerprint density at radius 2 is 2.06 bits per heavy atom. The molecule has 0 saturated heterocycles. The topological polar surface area (TPSA) is 42.7 Å². The summed E-state index contributed by atoms with van der Waals surface area (Å²) < 4.78 is 2.05. The van der Waals surface area contributed by atoms with E-state index in [-0.39, 0.29) is 5.41 Å². The van der Waals surface area contributed by atoms with Crippen molar-refractivity contribution in [2.75, 3.05) is 13.1 Å². The fourth-order valence-electron chi connectivity index (χ4n) is 2.07. The van der Waals surface area contributed by atoms with Crippen LogP contribution in [0.5, 0.6) is 0 Å². The van der Waals surface area contributed by atoms with Gasteiger partial charge in [0, 0.05) is 13.0 Å². The first kappa shape index (κ1) is 15.2. The van der Waals surface area contributed by atoms with Crippen molar-refractivity contribution in [2.24, 2.45) is 11.3 Å². The zero-order valence-corrected chi connectivity index (χ0v) is 12.5. The average molecular weight is 252 g/mol. The monoisotopic (exact) mass is 252 g/mol. The van der Waals surface area contributed by atoms with Gasteiger partial charge < -0.3 is 5.32 Å². The van der Waals surface area contributed by atoms with Crippen LogP contribution < -0.4 is 5.32 Å². The molecule has 0 spiro atoms. The van der Waals surface area contributed by atoms with Crippen LogP contribution >= 0.6 is 0 Å². The molecule has 4 nitrogen and oxygen atoms in total. The second kappa shape index (κ2) is 6.88. The zero-order valence-electron chi connectivity index (χ0n) is 12.5. The van der Waals surface area contributed by atoms with Crippen LogP contribution in [-0.4, -0.2) is 27.9 Å². The van der Waals surface area contributed by atoms with Crippen molar-refractivity contribution < 1.29 is 0 Å². The van der Waals surface area contributed by atoms with Crippen LogP contribution in [0.3, 0.4) is 0 Å². The SMILES string of the molecule is CCCn1ncnc1CC(CNCC)C(C)(C)C. The molecule has 1 aromatic heterocycles. The smallest absolute Gasteiger partial charge is 0.138 e. The van der Waals surface area contributed by atoms with Gasteiger partial charge in [0.05, 0.1) is 0 Å². The van der Waals surface area contributed by atoms with Crippen molar-refractivity contribution in [1.82, 2.24) is 20.1 Å². The minimum Gasteiger partial charge on any atom is -0.317 e. The molecule has 1 unspecified atom stereocenters. The molecule has 0 aliphatic heterocycles. The van der Waals surface area contributed by atoms with Crippen LogP contribution in [0.2, 0.25) is 0 Å². The van der Waals surface area contributed by atoms with Crippen molar-refractivity contribution in [3.05, 3.63) is 12.2 Å². The molecule has 0 aromatic carbocycles. The maximum atomic E-state index is 4.42. The van der Waals surface area contributed by atoms with E-state index in [0.717, 1.165) is 38.3 Å². The van der Waals surface area contributed by atoms with Crippen LogP contribution in [0.4, 0.5) is 0 Å². The van der Waals surface area contributed by atoms with E-state index in [1.807, 2.05) is 4.68 Å². The van der Waals surface area contributed by atoms with E-state index >= 15 is 0 Å². The Bertz CT molecular complexity index is 338. The Morgan fingerprint density at radius 1 is 1.33 bits per heavy atom. The van der Waals surface area contributed by atoms with Gasteiger partial charge in [-0.2, -0.15) is 5.10 Å². The Labute approximate surface area is 111 Å². The standard InChI is InChI=1S/C14H28N4/c1-6-8-18-13(16-11-17-18)9-12(10-15-7-2)14(3,4)5/h11-12,15H,6-10H2,1-5H3. The lowest BCUT2D eigenvalue weighted by Gasteiger charge is -2.30. The summed E-state index contributed by atoms with van der Waals surface area (Å²) in [5.41, 5.74) is 0.283. The molecule has 1 N–H and O–H groups in total. The molecule has 0 fully saturated rings. The van der Waals surface area contributed by atoms with E-state index in [2.05, 4.69) is 50.0 Å². The molecular formula is C14H28N4. The van der Waals surface area contributed by atoms with Crippen molar-refractivity contribution in [2.45, 2.75) is 54.0 Å². The number of nitrogens with zero attached hydrogens (tertiary/aromatic N) is 3. The van der Waals surface area contributed by atoms with Gasteiger partial charge in [0.1, 0.15) is 12.2 Å². The fourth-order valence-corrected chi connectivity index (χ4v) is 2.07. The van der Waals surface area contributed by atoms with Gasteiger partial charge in [-0.25, -0.2) is 4.98 Å². The lowest BCUT2D eigenvalue weighted by atomic mass is 9.78. The average Bonchev–Trinajstić information content (AvgIpc) is 2.71. The molecule has 0 aliphatic carbocycles. The van der Waals surface area contributed by atoms with Crippen LogP contribution in [0.25, 0.3) is 0 Å². The first-order valence-corrected chi connectivity index (χ1v) is 7.06. The van der Waals surface area contributed by atoms with Crippen molar-refractivity contribution >= 4 is 0 Å². The molecule has 0 bridgehead atoms. The van der Waals surface area contributed by atoms with E-state index in [1.54, 1.807) is 6.33 Å². The summed E-state index contributed by atoms with van der Waals surface area (Å²) in [7, 11) is 0. The third-order valence-electron chi connectivity index (χ3n) is 3.43. The number of aromatic nitrogens is 3. The maximum absolute atomic E-state index is 4.42. The Kier molecular flexibility index (Phi) is 5.79. The molecule has 1 rings (SSSR count). The van der Waals surface area contributed by atoms with E-state index in [1.165, 1.54) is 0 Å². The number of hydrogen-bond donors (Lipinski definition) is 1. The second-order valence-electron chi connectivity index (χ2n) is 5.97. The van der Waals surface area contributed by atoms with Gasteiger partial charge in [-0.1, -0.05) is 34.6 Å². The molecule has 18 heavy (non-hydrogen) atoms. The first-order chi connectivity index (χ1) is 8.49. The summed E-state index contributed by atoms with van der Waals surface area (Å²) in [4.78, 5) is 4.42. The van der Waals surface area contributed by atoms with Crippen molar-refractivity contribution in [3.63, 3.8) is 0 Å². The number of hydrogen-bond acceptors (Lipinski definition) is 3. The fraction of sp³-hybridized carbons (Fsp3) is 0.857. The van der Waals surface area contributed by atoms with Crippen molar-refractivity contribution in [3.8, 4) is 0 Å². The number of aryl methyl sites for hydroxylation is 1. The minimum atomic E-state index is 0.283. The molecular weight excluding hydrogens is 224 g/mol. The van der Waals surface area contributed by atoms with E-state index in [4.69, 9.17) is 0 Å². The van der Waals surface area contributed by atoms with E-state index < -0.39 is 0 Å². The third kappa shape index (κ3) is 4.41. The largest absolute Gasteiger partial charge is 0.317 e. The summed E-state index contributed by atoms with van der Waals surface area (Å²) >= 11 is 0. The Hall–Kier alpha value is -0.900. The molecule has 1 atom stereocenters. The molecule has 0 aliphatic rings. The zero-order chi connectivity index (χ0) is 13.6. The summed E-state index contributed by atoms with van der Waals surface area (Å²) in [5, 5.41) is 7.77. The Morgan fingerprint density at radius 3 is 2.61 bits per heavy atom. The summed E-state index contributed by atoms with van der Waals surface area (Å²) in [5.74, 6) is 1.70. The van der Waals surface area contributed by atoms with Gasteiger partial charge in [-0.3, -0.25) is 4.68 Å². The lowest BCUT2D eigenvalue weighted by molar-refractivity contribution is 0.226. The highest BCUT2D eigenvalue weighted by atomic mass is 15.3. The number of rotatable bonds is 7. The predicted octanol–water partition coefficient (Wildman–Crippen LogP) is 2.50. The highest BCUT2D eigenvalue weighted by molar-refractivity contribution is 4.91. The minimum absolute atomic E-state index is 0.283. The molecule has 0 saturated carbocycles. The predicted molar refractivity (Wildman–Crippen MR) is 75.5 cm³/mol. The van der Waals surface area contributed by atoms with Gasteiger partial charge >= 0.3 is 0 Å². The first-order valence-electron chi connectivity index (χ1n) is 7.06. The summed E-state index contributed by atoms with van der Waals surface area (Å²) in [6.07, 6.45) is 3.78. The summed E-state index contributed by atoms with van der Waals surface area (Å²) in [6.45, 7) is 14.3. The molecule has 0 radical (unpaired) electrons. The molecule has 4 heteroatoms. The molecule has 0 amide bonds. The van der Waals surface area contributed by atoms with Gasteiger partial charge in [0.15, 0.2) is 0 Å². The van der Waals surface area contributed by atoms with E-state index in [9.17, 15) is 0 Å². The molecule has 1 heterocycles. The second-order valence-corrected chi connectivity index (χ2v) is 5.97. The Balaban J connectivity index is 2.72. The van der Waals surface area contributed by atoms with Crippen molar-refractivity contribution in [1.29, 1.82) is 0 Å². The van der Waals surface area contributed by atoms with Crippen LogP contribution in [0.1, 0.15) is 46.9 Å². The third-order valence-corrected chi connectivity index (χ3v) is 3.43. The molecule has 1 aromatic rings. The van der Waals surface area contributed by atoms with Gasteiger partial charge in [-0.05, 0) is 30.8 Å². The molecule has 104 valence electrons. The van der Waals surface area contributed by atoms with Gasteiger partial charge in [0.25, 0.3) is 0 Å². The van der Waals surface area contributed by atoms with Gasteiger partial charge in [0.2, 0.25) is 0 Å². The highest BCUT2D eigenvalue weighted by Crippen LogP contribution is 2.28. The van der Waals surface area contributed by atoms with E-state index in [0.29, 0.717) is 5.92 Å². The van der Waals surface area contributed by atoms with Gasteiger partial charge in [-0.15, -0.1) is 0 Å². The quantitative estimate of drug-likeness (QED) is 0.811. The van der Waals surface area contributed by atoms with Crippen LogP contribution in [-0.2, 0) is 13.0 Å². The highest BCUT2D eigenvalue weighted by Gasteiger charge is 2.26. The van der Waals surface area contributed by atoms with Crippen LogP contribution in [0, 0.1) is 11.3 Å². The number of nitrogens with one attached hydrogen (secondary N) is 1. The lowest BCUT2D eigenvalue weighted by Crippen LogP contribution is -2.34. The summed E-state index contributed by atoms with van der Waals surface area (Å²) in [6, 6.07) is 0. The maximum Gasteiger partial charge on any atom is 0.138 e. The van der Waals surface area contributed by atoms with Crippen LogP contribution in [0.15, 0.2) is 6.33 Å².